The first-order chi connectivity index (χ1) is 12.8. The summed E-state index contributed by atoms with van der Waals surface area (Å²) in [5.41, 5.74) is 3.06. The van der Waals surface area contributed by atoms with Crippen LogP contribution < -0.4 is 0 Å². The molecule has 1 fully saturated rings. The molecule has 2 amide bonds. The van der Waals surface area contributed by atoms with Crippen LogP contribution in [0.4, 0.5) is 10.5 Å². The second kappa shape index (κ2) is 7.13. The summed E-state index contributed by atoms with van der Waals surface area (Å²) >= 11 is 0.847. The predicted octanol–water partition coefficient (Wildman–Crippen LogP) is 3.67. The zero-order valence-corrected chi connectivity index (χ0v) is 15.4. The van der Waals surface area contributed by atoms with Gasteiger partial charge < -0.3 is 4.57 Å². The van der Waals surface area contributed by atoms with Crippen molar-refractivity contribution in [3.8, 4) is 18.0 Å². The second-order valence-corrected chi connectivity index (χ2v) is 6.90. The van der Waals surface area contributed by atoms with Crippen molar-refractivity contribution in [1.82, 2.24) is 9.47 Å². The lowest BCUT2D eigenvalue weighted by molar-refractivity contribution is -0.384. The zero-order valence-electron chi connectivity index (χ0n) is 14.6. The van der Waals surface area contributed by atoms with E-state index < -0.39 is 16.1 Å². The summed E-state index contributed by atoms with van der Waals surface area (Å²) < 4.78 is 1.87. The van der Waals surface area contributed by atoms with Crippen molar-refractivity contribution in [3.63, 3.8) is 0 Å². The van der Waals surface area contributed by atoms with Crippen molar-refractivity contribution >= 4 is 34.7 Å². The smallest absolute Gasteiger partial charge is 0.294 e. The third-order valence-electron chi connectivity index (χ3n) is 4.18. The van der Waals surface area contributed by atoms with Crippen LogP contribution in [0.1, 0.15) is 17.0 Å². The van der Waals surface area contributed by atoms with Gasteiger partial charge in [0.15, 0.2) is 0 Å². The molecule has 3 rings (SSSR count). The molecule has 0 atom stereocenters. The molecule has 8 heteroatoms. The lowest BCUT2D eigenvalue weighted by Gasteiger charge is -2.09. The van der Waals surface area contributed by atoms with Gasteiger partial charge >= 0.3 is 0 Å². The van der Waals surface area contributed by atoms with Crippen LogP contribution in [0.2, 0.25) is 0 Å². The highest BCUT2D eigenvalue weighted by Crippen LogP contribution is 2.33. The molecule has 0 saturated carbocycles. The first-order valence-corrected chi connectivity index (χ1v) is 8.77. The Labute approximate surface area is 159 Å². The normalized spacial score (nSPS) is 15.4. The average Bonchev–Trinajstić information content (AvgIpc) is 3.05. The monoisotopic (exact) mass is 381 g/mol. The number of hydrogen-bond donors (Lipinski definition) is 0. The maximum absolute atomic E-state index is 12.3. The minimum Gasteiger partial charge on any atom is -0.318 e. The Morgan fingerprint density at radius 3 is 2.70 bits per heavy atom. The quantitative estimate of drug-likeness (QED) is 0.349. The molecule has 136 valence electrons. The van der Waals surface area contributed by atoms with Crippen LogP contribution >= 0.6 is 11.8 Å². The predicted molar refractivity (Wildman–Crippen MR) is 103 cm³/mol. The van der Waals surface area contributed by atoms with Crippen molar-refractivity contribution in [3.05, 3.63) is 62.3 Å². The van der Waals surface area contributed by atoms with Gasteiger partial charge in [-0.05, 0) is 49.4 Å². The number of hydrogen-bond acceptors (Lipinski definition) is 5. The molecular weight excluding hydrogens is 366 g/mol. The average molecular weight is 381 g/mol. The van der Waals surface area contributed by atoms with Crippen molar-refractivity contribution in [2.45, 2.75) is 13.8 Å². The van der Waals surface area contributed by atoms with Crippen molar-refractivity contribution in [2.75, 3.05) is 6.54 Å². The second-order valence-electron chi connectivity index (χ2n) is 5.91. The lowest BCUT2D eigenvalue weighted by Crippen LogP contribution is -2.28. The van der Waals surface area contributed by atoms with Crippen LogP contribution in [0.25, 0.3) is 11.8 Å². The van der Waals surface area contributed by atoms with Gasteiger partial charge in [0.2, 0.25) is 0 Å². The largest absolute Gasteiger partial charge is 0.318 e. The Bertz CT molecular complexity index is 1050. The molecule has 0 radical (unpaired) electrons. The third-order valence-corrected chi connectivity index (χ3v) is 5.09. The number of terminal acetylenes is 1. The Kier molecular flexibility index (Phi) is 4.88. The molecule has 0 unspecified atom stereocenters. The lowest BCUT2D eigenvalue weighted by atomic mass is 10.2. The summed E-state index contributed by atoms with van der Waals surface area (Å²) in [5, 5.41) is 10.6. The first kappa shape index (κ1) is 18.5. The first-order valence-electron chi connectivity index (χ1n) is 7.96. The Morgan fingerprint density at radius 1 is 1.30 bits per heavy atom. The minimum atomic E-state index is -0.444. The summed E-state index contributed by atoms with van der Waals surface area (Å²) in [5.74, 6) is 1.89. The number of nitro benzene ring substituents is 1. The highest BCUT2D eigenvalue weighted by molar-refractivity contribution is 8.18. The van der Waals surface area contributed by atoms with Crippen molar-refractivity contribution in [1.29, 1.82) is 0 Å². The highest BCUT2D eigenvalue weighted by Gasteiger charge is 2.34. The number of rotatable bonds is 4. The van der Waals surface area contributed by atoms with Gasteiger partial charge in [0, 0.05) is 23.5 Å². The molecule has 1 aromatic heterocycles. The van der Waals surface area contributed by atoms with Gasteiger partial charge in [0.1, 0.15) is 0 Å². The zero-order chi connectivity index (χ0) is 19.7. The summed E-state index contributed by atoms with van der Waals surface area (Å²) in [7, 11) is 0. The van der Waals surface area contributed by atoms with E-state index in [4.69, 9.17) is 6.42 Å². The molecule has 2 heterocycles. The third kappa shape index (κ3) is 3.37. The topological polar surface area (TPSA) is 85.4 Å². The number of amides is 2. The maximum Gasteiger partial charge on any atom is 0.294 e. The van der Waals surface area contributed by atoms with E-state index in [9.17, 15) is 19.7 Å². The molecule has 0 N–H and O–H groups in total. The van der Waals surface area contributed by atoms with Crippen LogP contribution in [0.5, 0.6) is 0 Å². The molecule has 1 saturated heterocycles. The van der Waals surface area contributed by atoms with E-state index in [1.165, 1.54) is 12.1 Å². The van der Waals surface area contributed by atoms with Gasteiger partial charge in [-0.3, -0.25) is 24.6 Å². The van der Waals surface area contributed by atoms with Gasteiger partial charge in [0.25, 0.3) is 16.8 Å². The van der Waals surface area contributed by atoms with Gasteiger partial charge in [-0.2, -0.15) is 0 Å². The maximum atomic E-state index is 12.3. The molecule has 2 aromatic rings. The summed E-state index contributed by atoms with van der Waals surface area (Å²) in [4.78, 5) is 36.2. The number of nitro groups is 1. The molecule has 27 heavy (non-hydrogen) atoms. The number of benzene rings is 1. The van der Waals surface area contributed by atoms with E-state index in [0.717, 1.165) is 33.6 Å². The molecule has 0 bridgehead atoms. The number of aryl methyl sites for hydroxylation is 1. The molecule has 1 aromatic carbocycles. The number of thioether (sulfide) groups is 1. The number of carbonyl (C=O) groups is 2. The number of carbonyl (C=O) groups excluding carboxylic acids is 2. The van der Waals surface area contributed by atoms with Gasteiger partial charge in [-0.25, -0.2) is 0 Å². The minimum absolute atomic E-state index is 0.00282. The van der Waals surface area contributed by atoms with Crippen LogP contribution in [0, 0.1) is 36.3 Å². The molecule has 7 nitrogen and oxygen atoms in total. The van der Waals surface area contributed by atoms with Gasteiger partial charge in [0.05, 0.1) is 22.1 Å². The summed E-state index contributed by atoms with van der Waals surface area (Å²) in [6, 6.07) is 8.18. The molecule has 1 aliphatic rings. The number of imide groups is 1. The fourth-order valence-corrected chi connectivity index (χ4v) is 3.77. The van der Waals surface area contributed by atoms with E-state index in [1.54, 1.807) is 18.2 Å². The fourth-order valence-electron chi connectivity index (χ4n) is 2.95. The van der Waals surface area contributed by atoms with Crippen LogP contribution in [0.3, 0.4) is 0 Å². The van der Waals surface area contributed by atoms with Gasteiger partial charge in [-0.15, -0.1) is 6.42 Å². The number of non-ortho nitro benzene ring substituents is 1. The van der Waals surface area contributed by atoms with Gasteiger partial charge in [-0.1, -0.05) is 12.0 Å². The van der Waals surface area contributed by atoms with Crippen LogP contribution in [-0.4, -0.2) is 32.1 Å². The Morgan fingerprint density at radius 2 is 2.04 bits per heavy atom. The summed E-state index contributed by atoms with van der Waals surface area (Å²) in [6.45, 7) is 3.66. The van der Waals surface area contributed by atoms with E-state index in [2.05, 4.69) is 5.92 Å². The van der Waals surface area contributed by atoms with E-state index >= 15 is 0 Å². The Balaban J connectivity index is 2.02. The molecule has 0 spiro atoms. The van der Waals surface area contributed by atoms with E-state index in [1.807, 2.05) is 24.5 Å². The number of nitrogens with zero attached hydrogens (tertiary/aromatic N) is 3. The van der Waals surface area contributed by atoms with Crippen LogP contribution in [0.15, 0.2) is 35.2 Å². The highest BCUT2D eigenvalue weighted by atomic mass is 32.2. The van der Waals surface area contributed by atoms with Crippen molar-refractivity contribution < 1.29 is 14.5 Å². The van der Waals surface area contributed by atoms with Crippen LogP contribution in [-0.2, 0) is 4.79 Å². The number of aromatic nitrogens is 1. The Hall–Kier alpha value is -3.31. The standard InChI is InChI=1S/C19H15N3O4S/c1-4-8-20-18(23)17(27-19(20)24)10-14-9-12(2)21(13(14)3)15-6-5-7-16(11-15)22(25)26/h1,5-7,9-11H,8H2,2-3H3. The molecule has 0 aliphatic carbocycles. The fraction of sp³-hybridized carbons (Fsp3) is 0.158. The SMILES string of the molecule is C#CCN1C(=O)SC(=Cc2cc(C)n(-c3cccc([N+](=O)[O-])c3)c2C)C1=O. The molecule has 1 aliphatic heterocycles. The van der Waals surface area contributed by atoms with E-state index in [-0.39, 0.29) is 12.2 Å². The van der Waals surface area contributed by atoms with E-state index in [0.29, 0.717) is 10.6 Å². The summed E-state index contributed by atoms with van der Waals surface area (Å²) in [6.07, 6.45) is 6.85. The van der Waals surface area contributed by atoms with Crippen molar-refractivity contribution in [2.24, 2.45) is 0 Å². The molecular formula is C19H15N3O4S.